The maximum absolute atomic E-state index is 12.2. The number of methoxy groups -OCH3 is 2. The zero-order valence-corrected chi connectivity index (χ0v) is 16.7. The predicted molar refractivity (Wildman–Crippen MR) is 110 cm³/mol. The van der Waals surface area contributed by atoms with E-state index in [2.05, 4.69) is 16.0 Å². The molecule has 7 nitrogen and oxygen atoms in total. The molecule has 0 spiro atoms. The first kappa shape index (κ1) is 21.1. The molecule has 0 fully saturated rings. The summed E-state index contributed by atoms with van der Waals surface area (Å²) in [5.74, 6) is 1.63. The molecule has 2 aromatic rings. The standard InChI is InChI=1S/C21H27N3O4/c1-14(2)11-20(25)23-16-5-7-17(8-6-16)24-21(26)22-13-15-12-18(27-3)9-10-19(15)28-4/h5-10,12,14H,11,13H2,1-4H3,(H,23,25)(H2,22,24,26). The van der Waals surface area contributed by atoms with Crippen molar-refractivity contribution < 1.29 is 19.1 Å². The van der Waals surface area contributed by atoms with Gasteiger partial charge >= 0.3 is 6.03 Å². The Morgan fingerprint density at radius 2 is 1.57 bits per heavy atom. The first-order valence-electron chi connectivity index (χ1n) is 9.07. The molecule has 0 atom stereocenters. The number of hydrogen-bond acceptors (Lipinski definition) is 4. The Morgan fingerprint density at radius 1 is 0.929 bits per heavy atom. The average Bonchev–Trinajstić information content (AvgIpc) is 2.67. The first-order chi connectivity index (χ1) is 13.4. The van der Waals surface area contributed by atoms with Crippen LogP contribution < -0.4 is 25.4 Å². The molecular weight excluding hydrogens is 358 g/mol. The summed E-state index contributed by atoms with van der Waals surface area (Å²) in [4.78, 5) is 24.0. The van der Waals surface area contributed by atoms with E-state index in [-0.39, 0.29) is 18.5 Å². The van der Waals surface area contributed by atoms with E-state index in [0.29, 0.717) is 35.2 Å². The maximum Gasteiger partial charge on any atom is 0.319 e. The van der Waals surface area contributed by atoms with Crippen LogP contribution in [0.15, 0.2) is 42.5 Å². The van der Waals surface area contributed by atoms with Crippen molar-refractivity contribution in [1.82, 2.24) is 5.32 Å². The lowest BCUT2D eigenvalue weighted by Crippen LogP contribution is -2.28. The van der Waals surface area contributed by atoms with Crippen molar-refractivity contribution in [1.29, 1.82) is 0 Å². The van der Waals surface area contributed by atoms with Crippen LogP contribution in [0.4, 0.5) is 16.2 Å². The SMILES string of the molecule is COc1ccc(OC)c(CNC(=O)Nc2ccc(NC(=O)CC(C)C)cc2)c1. The Bertz CT molecular complexity index is 804. The summed E-state index contributed by atoms with van der Waals surface area (Å²) in [5.41, 5.74) is 2.12. The highest BCUT2D eigenvalue weighted by Gasteiger charge is 2.08. The lowest BCUT2D eigenvalue weighted by molar-refractivity contribution is -0.116. The molecule has 0 radical (unpaired) electrons. The van der Waals surface area contributed by atoms with Crippen molar-refractivity contribution >= 4 is 23.3 Å². The van der Waals surface area contributed by atoms with Crippen LogP contribution in [0.2, 0.25) is 0 Å². The fraction of sp³-hybridized carbons (Fsp3) is 0.333. The average molecular weight is 385 g/mol. The van der Waals surface area contributed by atoms with E-state index in [0.717, 1.165) is 5.56 Å². The van der Waals surface area contributed by atoms with Crippen LogP contribution in [0.1, 0.15) is 25.8 Å². The molecule has 0 saturated carbocycles. The Hall–Kier alpha value is -3.22. The van der Waals surface area contributed by atoms with Gasteiger partial charge in [-0.25, -0.2) is 4.79 Å². The molecule has 2 rings (SSSR count). The summed E-state index contributed by atoms with van der Waals surface area (Å²) in [6.07, 6.45) is 0.468. The molecule has 0 bridgehead atoms. The molecule has 2 aromatic carbocycles. The van der Waals surface area contributed by atoms with Gasteiger partial charge in [0.25, 0.3) is 0 Å². The topological polar surface area (TPSA) is 88.7 Å². The van der Waals surface area contributed by atoms with Gasteiger partial charge in [-0.1, -0.05) is 13.8 Å². The number of benzene rings is 2. The molecule has 0 unspecified atom stereocenters. The molecule has 7 heteroatoms. The van der Waals surface area contributed by atoms with Crippen LogP contribution in [0.3, 0.4) is 0 Å². The van der Waals surface area contributed by atoms with Crippen molar-refractivity contribution in [3.8, 4) is 11.5 Å². The van der Waals surface area contributed by atoms with Gasteiger partial charge in [-0.05, 0) is 48.4 Å². The Balaban J connectivity index is 1.89. The van der Waals surface area contributed by atoms with Crippen LogP contribution in [0.5, 0.6) is 11.5 Å². The van der Waals surface area contributed by atoms with Gasteiger partial charge in [-0.3, -0.25) is 4.79 Å². The smallest absolute Gasteiger partial charge is 0.319 e. The van der Waals surface area contributed by atoms with Gasteiger partial charge in [0, 0.05) is 29.9 Å². The van der Waals surface area contributed by atoms with Gasteiger partial charge in [-0.2, -0.15) is 0 Å². The summed E-state index contributed by atoms with van der Waals surface area (Å²) in [6.45, 7) is 4.27. The molecule has 0 aliphatic heterocycles. The van der Waals surface area contributed by atoms with E-state index in [4.69, 9.17) is 9.47 Å². The Kier molecular flexibility index (Phi) is 7.68. The first-order valence-corrected chi connectivity index (χ1v) is 9.07. The van der Waals surface area contributed by atoms with E-state index in [9.17, 15) is 9.59 Å². The quantitative estimate of drug-likeness (QED) is 0.641. The normalized spacial score (nSPS) is 10.3. The van der Waals surface area contributed by atoms with Gasteiger partial charge in [0.1, 0.15) is 11.5 Å². The second-order valence-corrected chi connectivity index (χ2v) is 6.71. The van der Waals surface area contributed by atoms with Gasteiger partial charge in [-0.15, -0.1) is 0 Å². The minimum Gasteiger partial charge on any atom is -0.497 e. The number of urea groups is 1. The number of rotatable bonds is 8. The number of ether oxygens (including phenoxy) is 2. The molecule has 28 heavy (non-hydrogen) atoms. The van der Waals surface area contributed by atoms with Crippen molar-refractivity contribution in [3.05, 3.63) is 48.0 Å². The predicted octanol–water partition coefficient (Wildman–Crippen LogP) is 4.01. The molecule has 150 valence electrons. The number of carbonyl (C=O) groups excluding carboxylic acids is 2. The molecular formula is C21H27N3O4. The second kappa shape index (κ2) is 10.2. The van der Waals surface area contributed by atoms with Crippen molar-refractivity contribution in [3.63, 3.8) is 0 Å². The van der Waals surface area contributed by atoms with Crippen molar-refractivity contribution in [2.24, 2.45) is 5.92 Å². The van der Waals surface area contributed by atoms with E-state index in [1.807, 2.05) is 19.9 Å². The van der Waals surface area contributed by atoms with Crippen molar-refractivity contribution in [2.45, 2.75) is 26.8 Å². The van der Waals surface area contributed by atoms with Gasteiger partial charge in [0.05, 0.1) is 14.2 Å². The molecule has 3 N–H and O–H groups in total. The van der Waals surface area contributed by atoms with E-state index in [1.54, 1.807) is 50.6 Å². The monoisotopic (exact) mass is 385 g/mol. The third kappa shape index (κ3) is 6.50. The number of carbonyl (C=O) groups is 2. The molecule has 0 aliphatic carbocycles. The number of anilines is 2. The maximum atomic E-state index is 12.2. The number of hydrogen-bond donors (Lipinski definition) is 3. The third-order valence-electron chi connectivity index (χ3n) is 3.95. The lowest BCUT2D eigenvalue weighted by atomic mass is 10.1. The highest BCUT2D eigenvalue weighted by Crippen LogP contribution is 2.23. The molecule has 0 aromatic heterocycles. The summed E-state index contributed by atoms with van der Waals surface area (Å²) in [5, 5.41) is 8.37. The largest absolute Gasteiger partial charge is 0.497 e. The zero-order valence-electron chi connectivity index (χ0n) is 16.7. The summed E-state index contributed by atoms with van der Waals surface area (Å²) >= 11 is 0. The summed E-state index contributed by atoms with van der Waals surface area (Å²) < 4.78 is 10.5. The summed E-state index contributed by atoms with van der Waals surface area (Å²) in [7, 11) is 3.16. The van der Waals surface area contributed by atoms with Crippen LogP contribution in [-0.4, -0.2) is 26.2 Å². The minimum absolute atomic E-state index is 0.0271. The number of amides is 3. The minimum atomic E-state index is -0.346. The fourth-order valence-corrected chi connectivity index (χ4v) is 2.59. The van der Waals surface area contributed by atoms with Crippen LogP contribution in [-0.2, 0) is 11.3 Å². The third-order valence-corrected chi connectivity index (χ3v) is 3.95. The van der Waals surface area contributed by atoms with E-state index >= 15 is 0 Å². The second-order valence-electron chi connectivity index (χ2n) is 6.71. The van der Waals surface area contributed by atoms with Crippen LogP contribution in [0, 0.1) is 5.92 Å². The molecule has 3 amide bonds. The van der Waals surface area contributed by atoms with Crippen LogP contribution in [0.25, 0.3) is 0 Å². The van der Waals surface area contributed by atoms with E-state index in [1.165, 1.54) is 0 Å². The Morgan fingerprint density at radius 3 is 2.14 bits per heavy atom. The van der Waals surface area contributed by atoms with Gasteiger partial charge in [0.2, 0.25) is 5.91 Å². The van der Waals surface area contributed by atoms with Crippen molar-refractivity contribution in [2.75, 3.05) is 24.9 Å². The lowest BCUT2D eigenvalue weighted by Gasteiger charge is -2.12. The Labute approximate surface area is 165 Å². The molecule has 0 heterocycles. The van der Waals surface area contributed by atoms with Gasteiger partial charge in [0.15, 0.2) is 0 Å². The zero-order chi connectivity index (χ0) is 20.5. The van der Waals surface area contributed by atoms with Gasteiger partial charge < -0.3 is 25.4 Å². The molecule has 0 saturated heterocycles. The van der Waals surface area contributed by atoms with E-state index < -0.39 is 0 Å². The summed E-state index contributed by atoms with van der Waals surface area (Å²) in [6, 6.07) is 12.0. The molecule has 0 aliphatic rings. The fourth-order valence-electron chi connectivity index (χ4n) is 2.59. The highest BCUT2D eigenvalue weighted by atomic mass is 16.5. The number of nitrogens with one attached hydrogen (secondary N) is 3. The highest BCUT2D eigenvalue weighted by molar-refractivity contribution is 5.92. The van der Waals surface area contributed by atoms with Crippen LogP contribution >= 0.6 is 0 Å².